The Bertz CT molecular complexity index is 1140. The van der Waals surface area contributed by atoms with Gasteiger partial charge in [-0.25, -0.2) is 13.2 Å². The summed E-state index contributed by atoms with van der Waals surface area (Å²) in [4.78, 5) is 50.0. The van der Waals surface area contributed by atoms with Crippen molar-refractivity contribution >= 4 is 23.6 Å². The van der Waals surface area contributed by atoms with E-state index in [9.17, 15) is 32.3 Å². The zero-order valence-electron chi connectivity index (χ0n) is 16.7. The SMILES string of the molecule is O=C1CCC(N2Cc3ccc(CNC(=O)c4cc(C(F)F)ccc4F)cc3C2=O)C(=O)N1. The molecule has 0 spiro atoms. The largest absolute Gasteiger partial charge is 0.348 e. The number of benzene rings is 2. The summed E-state index contributed by atoms with van der Waals surface area (Å²) in [6, 6.07) is 6.73. The predicted molar refractivity (Wildman–Crippen MR) is 105 cm³/mol. The lowest BCUT2D eigenvalue weighted by atomic mass is 10.0. The highest BCUT2D eigenvalue weighted by Gasteiger charge is 2.39. The monoisotopic (exact) mass is 445 g/mol. The van der Waals surface area contributed by atoms with Crippen LogP contribution in [-0.4, -0.2) is 34.6 Å². The Kier molecular flexibility index (Phi) is 5.68. The molecule has 2 heterocycles. The number of rotatable bonds is 5. The molecule has 1 fully saturated rings. The van der Waals surface area contributed by atoms with E-state index < -0.39 is 41.2 Å². The number of fused-ring (bicyclic) bond motifs is 1. The number of hydrogen-bond acceptors (Lipinski definition) is 4. The van der Waals surface area contributed by atoms with Gasteiger partial charge in [0.15, 0.2) is 0 Å². The van der Waals surface area contributed by atoms with Crippen LogP contribution in [0, 0.1) is 5.82 Å². The first kappa shape index (κ1) is 21.5. The third-order valence-electron chi connectivity index (χ3n) is 5.53. The van der Waals surface area contributed by atoms with Gasteiger partial charge in [-0.05, 0) is 35.7 Å². The molecule has 4 amide bonds. The third kappa shape index (κ3) is 4.08. The highest BCUT2D eigenvalue weighted by Crippen LogP contribution is 2.28. The van der Waals surface area contributed by atoms with E-state index in [0.29, 0.717) is 16.7 Å². The molecule has 2 aliphatic rings. The molecule has 0 radical (unpaired) electrons. The smallest absolute Gasteiger partial charge is 0.263 e. The fourth-order valence-corrected chi connectivity index (χ4v) is 3.84. The third-order valence-corrected chi connectivity index (χ3v) is 5.53. The van der Waals surface area contributed by atoms with Gasteiger partial charge in [0.05, 0.1) is 5.56 Å². The van der Waals surface area contributed by atoms with Crippen LogP contribution in [0.25, 0.3) is 0 Å². The number of nitrogens with one attached hydrogen (secondary N) is 2. The Morgan fingerprint density at radius 3 is 2.66 bits per heavy atom. The normalized spacial score (nSPS) is 18.1. The maximum absolute atomic E-state index is 13.9. The van der Waals surface area contributed by atoms with Crippen LogP contribution in [0.4, 0.5) is 13.2 Å². The van der Waals surface area contributed by atoms with E-state index in [1.807, 2.05) is 0 Å². The van der Waals surface area contributed by atoms with E-state index in [1.165, 1.54) is 4.90 Å². The number of imide groups is 1. The molecule has 7 nitrogen and oxygen atoms in total. The molecular weight excluding hydrogens is 427 g/mol. The molecule has 0 saturated carbocycles. The van der Waals surface area contributed by atoms with E-state index in [2.05, 4.69) is 10.6 Å². The number of carbonyl (C=O) groups excluding carboxylic acids is 4. The van der Waals surface area contributed by atoms with Gasteiger partial charge in [0.2, 0.25) is 11.8 Å². The summed E-state index contributed by atoms with van der Waals surface area (Å²) in [5.41, 5.74) is 0.649. The Balaban J connectivity index is 1.45. The highest BCUT2D eigenvalue weighted by atomic mass is 19.3. The van der Waals surface area contributed by atoms with Gasteiger partial charge in [-0.3, -0.25) is 24.5 Å². The number of hydrogen-bond donors (Lipinski definition) is 2. The number of piperidine rings is 1. The molecular formula is C22H18F3N3O4. The van der Waals surface area contributed by atoms with Gasteiger partial charge in [-0.15, -0.1) is 0 Å². The second kappa shape index (κ2) is 8.45. The zero-order chi connectivity index (χ0) is 23.0. The van der Waals surface area contributed by atoms with Gasteiger partial charge < -0.3 is 10.2 Å². The molecule has 2 N–H and O–H groups in total. The second-order valence-corrected chi connectivity index (χ2v) is 7.61. The van der Waals surface area contributed by atoms with E-state index in [1.54, 1.807) is 18.2 Å². The van der Waals surface area contributed by atoms with Crippen molar-refractivity contribution in [3.8, 4) is 0 Å². The van der Waals surface area contributed by atoms with Gasteiger partial charge >= 0.3 is 0 Å². The van der Waals surface area contributed by atoms with Crippen molar-refractivity contribution in [1.29, 1.82) is 0 Å². The average molecular weight is 445 g/mol. The number of alkyl halides is 2. The van der Waals surface area contributed by atoms with Gasteiger partial charge in [0.25, 0.3) is 18.2 Å². The van der Waals surface area contributed by atoms with Crippen LogP contribution in [0.2, 0.25) is 0 Å². The quantitative estimate of drug-likeness (QED) is 0.692. The van der Waals surface area contributed by atoms with E-state index >= 15 is 0 Å². The molecule has 1 saturated heterocycles. The summed E-state index contributed by atoms with van der Waals surface area (Å²) < 4.78 is 39.6. The van der Waals surface area contributed by atoms with Crippen LogP contribution in [-0.2, 0) is 22.7 Å². The molecule has 166 valence electrons. The zero-order valence-corrected chi connectivity index (χ0v) is 16.7. The molecule has 10 heteroatoms. The second-order valence-electron chi connectivity index (χ2n) is 7.61. The van der Waals surface area contributed by atoms with Crippen molar-refractivity contribution in [1.82, 2.24) is 15.5 Å². The molecule has 0 bridgehead atoms. The molecule has 2 aromatic rings. The lowest BCUT2D eigenvalue weighted by Gasteiger charge is -2.29. The Morgan fingerprint density at radius 1 is 1.16 bits per heavy atom. The minimum absolute atomic E-state index is 0.0594. The predicted octanol–water partition coefficient (Wildman–Crippen LogP) is 2.45. The van der Waals surface area contributed by atoms with Crippen LogP contribution in [0.15, 0.2) is 36.4 Å². The molecule has 32 heavy (non-hydrogen) atoms. The highest BCUT2D eigenvalue weighted by molar-refractivity contribution is 6.05. The molecule has 4 rings (SSSR count). The summed E-state index contributed by atoms with van der Waals surface area (Å²) in [7, 11) is 0. The summed E-state index contributed by atoms with van der Waals surface area (Å²) in [6.07, 6.45) is -2.44. The van der Waals surface area contributed by atoms with Crippen LogP contribution in [0.1, 0.15) is 56.7 Å². The van der Waals surface area contributed by atoms with Crippen molar-refractivity contribution in [3.05, 3.63) is 70.0 Å². The summed E-state index contributed by atoms with van der Waals surface area (Å²) in [5, 5.41) is 4.70. The van der Waals surface area contributed by atoms with E-state index in [0.717, 1.165) is 18.2 Å². The molecule has 1 unspecified atom stereocenters. The Labute approximate surface area is 180 Å². The van der Waals surface area contributed by atoms with Gasteiger partial charge in [0.1, 0.15) is 11.9 Å². The topological polar surface area (TPSA) is 95.6 Å². The maximum Gasteiger partial charge on any atom is 0.263 e. The first-order valence-corrected chi connectivity index (χ1v) is 9.87. The number of carbonyl (C=O) groups is 4. The minimum atomic E-state index is -2.84. The van der Waals surface area contributed by atoms with Gasteiger partial charge in [0, 0.05) is 30.6 Å². The van der Waals surface area contributed by atoms with Crippen molar-refractivity contribution in [3.63, 3.8) is 0 Å². The minimum Gasteiger partial charge on any atom is -0.348 e. The molecule has 0 aliphatic carbocycles. The van der Waals surface area contributed by atoms with Crippen LogP contribution in [0.5, 0.6) is 0 Å². The fourth-order valence-electron chi connectivity index (χ4n) is 3.84. The lowest BCUT2D eigenvalue weighted by molar-refractivity contribution is -0.136. The van der Waals surface area contributed by atoms with Gasteiger partial charge in [-0.2, -0.15) is 0 Å². The van der Waals surface area contributed by atoms with E-state index in [4.69, 9.17) is 0 Å². The molecule has 2 aliphatic heterocycles. The summed E-state index contributed by atoms with van der Waals surface area (Å²) in [5.74, 6) is -3.02. The fraction of sp³-hybridized carbons (Fsp3) is 0.273. The van der Waals surface area contributed by atoms with Crippen LogP contribution >= 0.6 is 0 Å². The lowest BCUT2D eigenvalue weighted by Crippen LogP contribution is -2.52. The summed E-state index contributed by atoms with van der Waals surface area (Å²) in [6.45, 7) is 0.162. The van der Waals surface area contributed by atoms with Crippen molar-refractivity contribution in [2.45, 2.75) is 38.4 Å². The van der Waals surface area contributed by atoms with Gasteiger partial charge in [-0.1, -0.05) is 18.2 Å². The molecule has 0 aromatic heterocycles. The first-order valence-electron chi connectivity index (χ1n) is 9.87. The summed E-state index contributed by atoms with van der Waals surface area (Å²) >= 11 is 0. The average Bonchev–Trinajstić information content (AvgIpc) is 3.08. The Hall–Kier alpha value is -3.69. The maximum atomic E-state index is 13.9. The first-order chi connectivity index (χ1) is 15.2. The standard InChI is InChI=1S/C22H18F3N3O4/c23-16-4-3-12(19(24)25)8-15(16)20(30)26-9-11-1-2-13-10-28(22(32)14(13)7-11)17-5-6-18(29)27-21(17)31/h1-4,7-8,17,19H,5-6,9-10H2,(H,26,30)(H,27,29,31). The number of nitrogens with zero attached hydrogens (tertiary/aromatic N) is 1. The van der Waals surface area contributed by atoms with Crippen molar-refractivity contribution in [2.75, 3.05) is 0 Å². The number of amides is 4. The van der Waals surface area contributed by atoms with Crippen LogP contribution < -0.4 is 10.6 Å². The Morgan fingerprint density at radius 2 is 1.94 bits per heavy atom. The van der Waals surface area contributed by atoms with Crippen molar-refractivity contribution in [2.24, 2.45) is 0 Å². The molecule has 1 atom stereocenters. The van der Waals surface area contributed by atoms with Crippen LogP contribution in [0.3, 0.4) is 0 Å². The van der Waals surface area contributed by atoms with Crippen molar-refractivity contribution < 1.29 is 32.3 Å². The van der Waals surface area contributed by atoms with E-state index in [-0.39, 0.29) is 37.7 Å². The molecule has 2 aromatic carbocycles. The number of halogens is 3.